The summed E-state index contributed by atoms with van der Waals surface area (Å²) in [4.78, 5) is 24.4. The number of hydrogen-bond acceptors (Lipinski definition) is 6. The lowest BCUT2D eigenvalue weighted by Crippen LogP contribution is -2.17. The molecular formula is C23H17NO5S2. The Hall–Kier alpha value is -3.49. The van der Waals surface area contributed by atoms with Crippen LogP contribution in [0.3, 0.4) is 0 Å². The first-order chi connectivity index (χ1) is 14.8. The Morgan fingerprint density at radius 3 is 2.19 bits per heavy atom. The molecule has 0 aliphatic rings. The molecule has 1 aromatic heterocycles. The van der Waals surface area contributed by atoms with Gasteiger partial charge in [0.2, 0.25) is 0 Å². The van der Waals surface area contributed by atoms with Gasteiger partial charge in [0.25, 0.3) is 10.0 Å². The highest BCUT2D eigenvalue weighted by Crippen LogP contribution is 2.29. The van der Waals surface area contributed by atoms with E-state index in [0.29, 0.717) is 5.56 Å². The fourth-order valence-corrected chi connectivity index (χ4v) is 5.09. The molecule has 0 radical (unpaired) electrons. The van der Waals surface area contributed by atoms with Crippen LogP contribution in [0.1, 0.15) is 27.6 Å². The summed E-state index contributed by atoms with van der Waals surface area (Å²) in [6.45, 7) is 1.45. The highest BCUT2D eigenvalue weighted by molar-refractivity contribution is 7.94. The molecule has 6 nitrogen and oxygen atoms in total. The van der Waals surface area contributed by atoms with E-state index in [2.05, 4.69) is 4.72 Å². The molecule has 3 aromatic carbocycles. The van der Waals surface area contributed by atoms with Gasteiger partial charge < -0.3 is 4.74 Å². The number of thiophene rings is 1. The number of carbonyl (C=O) groups excluding carboxylic acids is 2. The Labute approximate surface area is 183 Å². The molecule has 0 atom stereocenters. The van der Waals surface area contributed by atoms with Crippen LogP contribution in [0, 0.1) is 0 Å². The quantitative estimate of drug-likeness (QED) is 0.250. The van der Waals surface area contributed by atoms with E-state index in [1.807, 2.05) is 24.3 Å². The van der Waals surface area contributed by atoms with E-state index < -0.39 is 16.0 Å². The zero-order valence-electron chi connectivity index (χ0n) is 16.4. The van der Waals surface area contributed by atoms with Crippen molar-refractivity contribution in [1.29, 1.82) is 0 Å². The lowest BCUT2D eigenvalue weighted by molar-refractivity contribution is 0.0736. The van der Waals surface area contributed by atoms with Crippen molar-refractivity contribution in [1.82, 2.24) is 0 Å². The van der Waals surface area contributed by atoms with Gasteiger partial charge in [-0.05, 0) is 65.5 Å². The van der Waals surface area contributed by atoms with E-state index >= 15 is 0 Å². The maximum Gasteiger partial charge on any atom is 0.345 e. The number of benzene rings is 3. The van der Waals surface area contributed by atoms with E-state index in [1.54, 1.807) is 35.7 Å². The van der Waals surface area contributed by atoms with Crippen molar-refractivity contribution in [2.75, 3.05) is 4.72 Å². The van der Waals surface area contributed by atoms with Crippen LogP contribution in [0.5, 0.6) is 5.75 Å². The van der Waals surface area contributed by atoms with Crippen molar-refractivity contribution in [2.24, 2.45) is 0 Å². The number of ketones is 1. The second-order valence-electron chi connectivity index (χ2n) is 6.75. The van der Waals surface area contributed by atoms with Crippen LogP contribution in [0.2, 0.25) is 0 Å². The first-order valence-electron chi connectivity index (χ1n) is 9.26. The lowest BCUT2D eigenvalue weighted by atomic mass is 10.1. The monoisotopic (exact) mass is 451 g/mol. The van der Waals surface area contributed by atoms with Gasteiger partial charge in [0, 0.05) is 5.56 Å². The molecule has 0 bridgehead atoms. The second kappa shape index (κ2) is 8.33. The molecule has 0 saturated carbocycles. The van der Waals surface area contributed by atoms with E-state index in [4.69, 9.17) is 4.74 Å². The zero-order valence-corrected chi connectivity index (χ0v) is 18.0. The molecular weight excluding hydrogens is 434 g/mol. The van der Waals surface area contributed by atoms with Crippen LogP contribution in [-0.2, 0) is 10.0 Å². The minimum Gasteiger partial charge on any atom is -0.423 e. The summed E-state index contributed by atoms with van der Waals surface area (Å²) in [6.07, 6.45) is 0. The number of carbonyl (C=O) groups is 2. The molecule has 0 spiro atoms. The molecule has 0 unspecified atom stereocenters. The molecule has 4 aromatic rings. The van der Waals surface area contributed by atoms with Gasteiger partial charge in [-0.15, -0.1) is 11.3 Å². The minimum atomic E-state index is -3.86. The first kappa shape index (κ1) is 20.8. The molecule has 1 heterocycles. The number of Topliss-reactive ketones (excluding diaryl/α,β-unsaturated/α-hetero) is 1. The largest absolute Gasteiger partial charge is 0.423 e. The van der Waals surface area contributed by atoms with E-state index in [9.17, 15) is 18.0 Å². The third-order valence-corrected chi connectivity index (χ3v) is 7.34. The smallest absolute Gasteiger partial charge is 0.345 e. The van der Waals surface area contributed by atoms with Crippen molar-refractivity contribution in [3.8, 4) is 5.75 Å². The summed E-state index contributed by atoms with van der Waals surface area (Å²) in [5.41, 5.74) is 0.696. The first-order valence-corrected chi connectivity index (χ1v) is 11.6. The van der Waals surface area contributed by atoms with Crippen molar-refractivity contribution in [3.63, 3.8) is 0 Å². The minimum absolute atomic E-state index is 0.0782. The molecule has 0 aliphatic carbocycles. The average molecular weight is 452 g/mol. The molecule has 8 heteroatoms. The summed E-state index contributed by atoms with van der Waals surface area (Å²) >= 11 is 1.08. The van der Waals surface area contributed by atoms with Crippen molar-refractivity contribution in [2.45, 2.75) is 11.1 Å². The van der Waals surface area contributed by atoms with E-state index in [-0.39, 0.29) is 27.0 Å². The van der Waals surface area contributed by atoms with Gasteiger partial charge in [0.1, 0.15) is 9.96 Å². The number of nitrogens with one attached hydrogen (secondary N) is 1. The highest BCUT2D eigenvalue weighted by atomic mass is 32.2. The Kier molecular flexibility index (Phi) is 5.58. The van der Waals surface area contributed by atoms with Crippen LogP contribution in [0.4, 0.5) is 5.69 Å². The van der Waals surface area contributed by atoms with Crippen LogP contribution in [-0.4, -0.2) is 20.2 Å². The predicted octanol–water partition coefficient (Wildman–Crippen LogP) is 5.12. The molecule has 0 fully saturated rings. The molecule has 0 saturated heterocycles. The predicted molar refractivity (Wildman–Crippen MR) is 120 cm³/mol. The molecule has 0 aliphatic heterocycles. The SMILES string of the molecule is CC(=O)c1ccc(OC(=O)c2cc3ccccc3cc2NS(=O)(=O)c2cccs2)cc1. The number of esters is 1. The molecule has 4 rings (SSSR count). The topological polar surface area (TPSA) is 89.5 Å². The Morgan fingerprint density at radius 1 is 0.903 bits per heavy atom. The maximum absolute atomic E-state index is 12.9. The van der Waals surface area contributed by atoms with Crippen molar-refractivity contribution in [3.05, 3.63) is 89.3 Å². The van der Waals surface area contributed by atoms with E-state index in [1.165, 1.54) is 25.1 Å². The van der Waals surface area contributed by atoms with Gasteiger partial charge in [-0.1, -0.05) is 30.3 Å². The number of sulfonamides is 1. The number of rotatable bonds is 6. The number of ether oxygens (including phenoxy) is 1. The van der Waals surface area contributed by atoms with Gasteiger partial charge in [0.15, 0.2) is 5.78 Å². The Balaban J connectivity index is 1.72. The third-order valence-electron chi connectivity index (χ3n) is 4.58. The number of fused-ring (bicyclic) bond motifs is 1. The molecule has 31 heavy (non-hydrogen) atoms. The molecule has 1 N–H and O–H groups in total. The summed E-state index contributed by atoms with van der Waals surface area (Å²) in [5, 5.41) is 3.20. The van der Waals surface area contributed by atoms with Gasteiger partial charge in [-0.3, -0.25) is 9.52 Å². The van der Waals surface area contributed by atoms with Crippen LogP contribution in [0.15, 0.2) is 82.4 Å². The molecule has 156 valence electrons. The maximum atomic E-state index is 12.9. The standard InChI is InChI=1S/C23H17NO5S2/c1-15(25)16-8-10-19(11-9-16)29-23(26)20-13-17-5-2-3-6-18(17)14-21(20)24-31(27,28)22-7-4-12-30-22/h2-14,24H,1H3. The van der Waals surface area contributed by atoms with Gasteiger partial charge in [0.05, 0.1) is 11.3 Å². The lowest BCUT2D eigenvalue weighted by Gasteiger charge is -2.13. The summed E-state index contributed by atoms with van der Waals surface area (Å²) in [6, 6.07) is 19.8. The fraction of sp³-hybridized carbons (Fsp3) is 0.0435. The van der Waals surface area contributed by atoms with Gasteiger partial charge in [-0.2, -0.15) is 0 Å². The summed E-state index contributed by atoms with van der Waals surface area (Å²) < 4.78 is 33.6. The fourth-order valence-electron chi connectivity index (χ4n) is 3.02. The molecule has 0 amide bonds. The van der Waals surface area contributed by atoms with Crippen molar-refractivity contribution >= 4 is 49.6 Å². The third kappa shape index (κ3) is 4.50. The van der Waals surface area contributed by atoms with Crippen LogP contribution in [0.25, 0.3) is 10.8 Å². The number of anilines is 1. The Morgan fingerprint density at radius 2 is 1.58 bits per heavy atom. The normalized spacial score (nSPS) is 11.3. The van der Waals surface area contributed by atoms with Gasteiger partial charge >= 0.3 is 5.97 Å². The van der Waals surface area contributed by atoms with Crippen molar-refractivity contribution < 1.29 is 22.7 Å². The average Bonchev–Trinajstić information content (AvgIpc) is 3.29. The zero-order chi connectivity index (χ0) is 22.0. The summed E-state index contributed by atoms with van der Waals surface area (Å²) in [5.74, 6) is -0.571. The highest BCUT2D eigenvalue weighted by Gasteiger charge is 2.21. The number of hydrogen-bond donors (Lipinski definition) is 1. The van der Waals surface area contributed by atoms with Gasteiger partial charge in [-0.25, -0.2) is 13.2 Å². The Bertz CT molecular complexity index is 1380. The van der Waals surface area contributed by atoms with E-state index in [0.717, 1.165) is 22.1 Å². The van der Waals surface area contributed by atoms with Crippen LogP contribution >= 0.6 is 11.3 Å². The second-order valence-corrected chi connectivity index (χ2v) is 9.61. The van der Waals surface area contributed by atoms with Crippen LogP contribution < -0.4 is 9.46 Å². The summed E-state index contributed by atoms with van der Waals surface area (Å²) in [7, 11) is -3.86.